The van der Waals surface area contributed by atoms with Crippen molar-refractivity contribution in [2.45, 2.75) is 71.7 Å². The molecule has 57 heavy (non-hydrogen) atoms. The average molecular weight is 780 g/mol. The monoisotopic (exact) mass is 779 g/mol. The van der Waals surface area contributed by atoms with E-state index in [1.807, 2.05) is 12.1 Å². The number of aliphatic hydroxyl groups is 1. The summed E-state index contributed by atoms with van der Waals surface area (Å²) in [6.07, 6.45) is 6.98. The molecule has 8 rings (SSSR count). The Bertz CT molecular complexity index is 2310. The molecule has 2 saturated heterocycles. The fraction of sp³-hybridized carbons (Fsp3) is 0.452. The fourth-order valence-electron chi connectivity index (χ4n) is 9.06. The number of carbonyl (C=O) groups excluding carboxylic acids is 2. The largest absolute Gasteiger partial charge is 0.392 e. The Hall–Kier alpha value is -5.38. The van der Waals surface area contributed by atoms with Crippen LogP contribution in [0.15, 0.2) is 59.9 Å². The lowest BCUT2D eigenvalue weighted by Crippen LogP contribution is -2.56. The minimum Gasteiger partial charge on any atom is -0.392 e. The van der Waals surface area contributed by atoms with Crippen molar-refractivity contribution in [3.8, 4) is 11.3 Å². The van der Waals surface area contributed by atoms with Gasteiger partial charge in [-0.3, -0.25) is 24.2 Å². The van der Waals surface area contributed by atoms with Gasteiger partial charge in [0.25, 0.3) is 17.4 Å². The summed E-state index contributed by atoms with van der Waals surface area (Å²) in [5.74, 6) is -1.94. The Morgan fingerprint density at radius 2 is 1.88 bits per heavy atom. The number of halogens is 1. The number of anilines is 5. The molecule has 2 amide bonds. The first kappa shape index (κ1) is 38.5. The SMILES string of the molecule is C=C(F)C(=O)Nc1cc(Nc2nc(-c3ccnc(N4CCn5c(cc6c5CC(C)(C)C6)C4=O)c3CO)cn(C)c2=O)ccc1N1CCN(C2CCOCC2)C[C@@H]1C. The maximum Gasteiger partial charge on any atom is 0.293 e. The minimum absolute atomic E-state index is 0.0139. The van der Waals surface area contributed by atoms with E-state index < -0.39 is 23.9 Å². The van der Waals surface area contributed by atoms with Gasteiger partial charge in [-0.15, -0.1) is 0 Å². The smallest absolute Gasteiger partial charge is 0.293 e. The van der Waals surface area contributed by atoms with E-state index in [4.69, 9.17) is 9.72 Å². The van der Waals surface area contributed by atoms with Crippen LogP contribution in [0, 0.1) is 5.41 Å². The van der Waals surface area contributed by atoms with Gasteiger partial charge in [0.05, 0.1) is 23.7 Å². The van der Waals surface area contributed by atoms with Crippen LogP contribution in [0.2, 0.25) is 0 Å². The second-order valence-electron chi connectivity index (χ2n) is 16.4. The van der Waals surface area contributed by atoms with Crippen molar-refractivity contribution in [3.05, 3.63) is 88.0 Å². The Kier molecular flexibility index (Phi) is 10.2. The predicted octanol–water partition coefficient (Wildman–Crippen LogP) is 4.78. The summed E-state index contributed by atoms with van der Waals surface area (Å²) in [4.78, 5) is 55.7. The summed E-state index contributed by atoms with van der Waals surface area (Å²) in [5, 5.41) is 16.5. The fourth-order valence-corrected chi connectivity index (χ4v) is 9.06. The van der Waals surface area contributed by atoms with Gasteiger partial charge in [0.15, 0.2) is 11.6 Å². The molecule has 3 aliphatic heterocycles. The van der Waals surface area contributed by atoms with Crippen molar-refractivity contribution in [2.24, 2.45) is 12.5 Å². The van der Waals surface area contributed by atoms with Gasteiger partial charge in [-0.25, -0.2) is 14.4 Å². The van der Waals surface area contributed by atoms with Crippen LogP contribution in [-0.4, -0.2) is 92.4 Å². The molecule has 1 aliphatic carbocycles. The Labute approximate surface area is 331 Å². The molecule has 0 saturated carbocycles. The predicted molar refractivity (Wildman–Crippen MR) is 217 cm³/mol. The van der Waals surface area contributed by atoms with Crippen LogP contribution in [0.4, 0.5) is 33.1 Å². The van der Waals surface area contributed by atoms with Crippen LogP contribution >= 0.6 is 0 Å². The zero-order valence-electron chi connectivity index (χ0n) is 33.0. The summed E-state index contributed by atoms with van der Waals surface area (Å²) in [6, 6.07) is 9.55. The van der Waals surface area contributed by atoms with E-state index in [0.29, 0.717) is 71.1 Å². The molecular weight excluding hydrogens is 730 g/mol. The van der Waals surface area contributed by atoms with Gasteiger partial charge in [-0.1, -0.05) is 20.4 Å². The van der Waals surface area contributed by atoms with E-state index in [1.165, 1.54) is 15.8 Å². The van der Waals surface area contributed by atoms with Gasteiger partial charge in [-0.2, -0.15) is 0 Å². The van der Waals surface area contributed by atoms with Crippen molar-refractivity contribution in [1.29, 1.82) is 0 Å². The molecule has 15 heteroatoms. The van der Waals surface area contributed by atoms with E-state index in [9.17, 15) is 23.9 Å². The molecule has 0 bridgehead atoms. The minimum atomic E-state index is -1.12. The van der Waals surface area contributed by atoms with E-state index in [0.717, 1.165) is 52.0 Å². The number of hydrogen-bond acceptors (Lipinski definition) is 10. The molecule has 6 heterocycles. The van der Waals surface area contributed by atoms with Crippen molar-refractivity contribution in [1.82, 2.24) is 24.0 Å². The maximum absolute atomic E-state index is 14.0. The van der Waals surface area contributed by atoms with Gasteiger partial charge in [0, 0.05) is 100.0 Å². The lowest BCUT2D eigenvalue weighted by Gasteiger charge is -2.45. The summed E-state index contributed by atoms with van der Waals surface area (Å²) < 4.78 is 23.1. The van der Waals surface area contributed by atoms with Crippen molar-refractivity contribution < 1.29 is 23.8 Å². The molecule has 4 aliphatic rings. The van der Waals surface area contributed by atoms with Gasteiger partial charge >= 0.3 is 0 Å². The number of fused-ring (bicyclic) bond motifs is 3. The molecule has 1 atom stereocenters. The number of nitrogens with zero attached hydrogens (tertiary/aromatic N) is 7. The second-order valence-corrected chi connectivity index (χ2v) is 16.4. The standard InChI is InChI=1S/C42H50FN9O5/c1-25-22-49(29-9-16-57-17-10-29)12-13-50(25)34-7-6-28(19-32(34)47-39(54)26(2)43)45-37-41(56)48(5)23-33(46-37)30-8-11-44-38(31(30)24-53)52-15-14-51-35(40(52)55)18-27-20-42(3,4)21-36(27)51/h6-8,11,18-19,23,25,29,53H,2,9-10,12-17,20-22,24H2,1,3-5H3,(H,45,46)(H,47,54)/t25-/m0/s1. The number of pyridine rings is 1. The molecular formula is C42H50FN9O5. The number of aryl methyl sites for hydroxylation is 1. The molecule has 0 unspecified atom stereocenters. The number of ether oxygens (including phenoxy) is 1. The zero-order chi connectivity index (χ0) is 40.2. The van der Waals surface area contributed by atoms with Gasteiger partial charge in [-0.05, 0) is 73.9 Å². The highest BCUT2D eigenvalue weighted by atomic mass is 19.1. The summed E-state index contributed by atoms with van der Waals surface area (Å²) >= 11 is 0. The molecule has 0 radical (unpaired) electrons. The Morgan fingerprint density at radius 1 is 1.09 bits per heavy atom. The molecule has 3 N–H and O–H groups in total. The summed E-state index contributed by atoms with van der Waals surface area (Å²) in [6.45, 7) is 14.3. The van der Waals surface area contributed by atoms with Gasteiger partial charge in [0.2, 0.25) is 0 Å². The highest BCUT2D eigenvalue weighted by Crippen LogP contribution is 2.40. The lowest BCUT2D eigenvalue weighted by molar-refractivity contribution is -0.114. The third-order valence-corrected chi connectivity index (χ3v) is 11.8. The van der Waals surface area contributed by atoms with Crippen LogP contribution in [0.1, 0.15) is 60.9 Å². The van der Waals surface area contributed by atoms with E-state index in [1.54, 1.807) is 42.5 Å². The molecule has 14 nitrogen and oxygen atoms in total. The number of carbonyl (C=O) groups is 2. The van der Waals surface area contributed by atoms with Crippen LogP contribution < -0.4 is 26.0 Å². The van der Waals surface area contributed by atoms with Crippen LogP contribution in [0.3, 0.4) is 0 Å². The topological polar surface area (TPSA) is 150 Å². The molecule has 0 spiro atoms. The molecule has 4 aromatic rings. The van der Waals surface area contributed by atoms with E-state index in [-0.39, 0.29) is 23.2 Å². The number of piperazine rings is 1. The Morgan fingerprint density at radius 3 is 2.61 bits per heavy atom. The third-order valence-electron chi connectivity index (χ3n) is 11.8. The zero-order valence-corrected chi connectivity index (χ0v) is 33.0. The second kappa shape index (κ2) is 15.2. The third kappa shape index (κ3) is 7.35. The Balaban J connectivity index is 1.08. The first-order valence-electron chi connectivity index (χ1n) is 19.7. The summed E-state index contributed by atoms with van der Waals surface area (Å²) in [7, 11) is 1.60. The number of hydrogen-bond donors (Lipinski definition) is 3. The van der Waals surface area contributed by atoms with E-state index >= 15 is 0 Å². The van der Waals surface area contributed by atoms with Gasteiger partial charge < -0.3 is 34.5 Å². The van der Waals surface area contributed by atoms with Crippen molar-refractivity contribution >= 4 is 40.5 Å². The number of rotatable bonds is 9. The maximum atomic E-state index is 14.0. The van der Waals surface area contributed by atoms with Crippen molar-refractivity contribution in [2.75, 3.05) is 59.8 Å². The first-order valence-corrected chi connectivity index (χ1v) is 19.7. The normalized spacial score (nSPS) is 19.7. The molecule has 3 aromatic heterocycles. The number of aliphatic hydroxyl groups excluding tert-OH is 1. The number of aromatic nitrogens is 4. The number of amides is 2. The highest BCUT2D eigenvalue weighted by Gasteiger charge is 2.38. The number of benzene rings is 1. The molecule has 2 fully saturated rings. The quantitative estimate of drug-likeness (QED) is 0.203. The number of nitrogens with one attached hydrogen (secondary N) is 2. The van der Waals surface area contributed by atoms with Crippen LogP contribution in [0.25, 0.3) is 11.3 Å². The van der Waals surface area contributed by atoms with Gasteiger partial charge in [0.1, 0.15) is 11.5 Å². The molecule has 1 aromatic carbocycles. The van der Waals surface area contributed by atoms with E-state index in [2.05, 4.69) is 57.3 Å². The molecule has 300 valence electrons. The van der Waals surface area contributed by atoms with Crippen molar-refractivity contribution in [3.63, 3.8) is 0 Å². The average Bonchev–Trinajstić information content (AvgIpc) is 3.69. The van der Waals surface area contributed by atoms with Crippen LogP contribution in [0.5, 0.6) is 0 Å². The first-order chi connectivity index (χ1) is 27.3. The summed E-state index contributed by atoms with van der Waals surface area (Å²) in [5.41, 5.74) is 5.58. The highest BCUT2D eigenvalue weighted by molar-refractivity contribution is 6.06. The van der Waals surface area contributed by atoms with Crippen LogP contribution in [-0.2, 0) is 42.6 Å². The lowest BCUT2D eigenvalue weighted by atomic mass is 9.90.